The van der Waals surface area contributed by atoms with Gasteiger partial charge in [0, 0.05) is 33.8 Å². The van der Waals surface area contributed by atoms with Crippen LogP contribution in [0, 0.1) is 0 Å². The van der Waals surface area contributed by atoms with Gasteiger partial charge in [-0.05, 0) is 40.0 Å². The molecular formula is C18H35IN4O4. The van der Waals surface area contributed by atoms with Gasteiger partial charge in [0.2, 0.25) is 5.91 Å². The molecule has 0 aliphatic carbocycles. The highest BCUT2D eigenvalue weighted by Crippen LogP contribution is 2.11. The fourth-order valence-corrected chi connectivity index (χ4v) is 2.32. The van der Waals surface area contributed by atoms with Crippen molar-refractivity contribution in [2.24, 2.45) is 4.99 Å². The van der Waals surface area contributed by atoms with Crippen molar-refractivity contribution in [1.29, 1.82) is 0 Å². The van der Waals surface area contributed by atoms with Gasteiger partial charge in [-0.25, -0.2) is 4.99 Å². The summed E-state index contributed by atoms with van der Waals surface area (Å²) in [5.74, 6) is 0.134. The van der Waals surface area contributed by atoms with Gasteiger partial charge in [0.25, 0.3) is 0 Å². The lowest BCUT2D eigenvalue weighted by Gasteiger charge is -2.24. The molecule has 1 amide bonds. The predicted octanol–water partition coefficient (Wildman–Crippen LogP) is 1.53. The lowest BCUT2D eigenvalue weighted by molar-refractivity contribution is -0.154. The van der Waals surface area contributed by atoms with Crippen LogP contribution in [0.5, 0.6) is 0 Å². The Morgan fingerprint density at radius 1 is 1.22 bits per heavy atom. The molecule has 1 unspecified atom stereocenters. The van der Waals surface area contributed by atoms with Crippen molar-refractivity contribution in [3.63, 3.8) is 0 Å². The SMILES string of the molecule is CN(C)C(=O)CN=C(NCCC(=O)OC(C)(C)C)NCC1CCCCO1.I. The third-order valence-corrected chi connectivity index (χ3v) is 3.68. The molecule has 2 N–H and O–H groups in total. The van der Waals surface area contributed by atoms with E-state index in [4.69, 9.17) is 9.47 Å². The first-order chi connectivity index (χ1) is 12.2. The van der Waals surface area contributed by atoms with Crippen molar-refractivity contribution in [2.45, 2.75) is 58.2 Å². The Kier molecular flexibility index (Phi) is 12.6. The highest BCUT2D eigenvalue weighted by atomic mass is 127. The van der Waals surface area contributed by atoms with E-state index in [0.717, 1.165) is 25.9 Å². The number of halogens is 1. The summed E-state index contributed by atoms with van der Waals surface area (Å²) < 4.78 is 11.0. The molecule has 8 nitrogen and oxygen atoms in total. The summed E-state index contributed by atoms with van der Waals surface area (Å²) in [6, 6.07) is 0. The average molecular weight is 498 g/mol. The fourth-order valence-electron chi connectivity index (χ4n) is 2.32. The fraction of sp³-hybridized carbons (Fsp3) is 0.833. The third kappa shape index (κ3) is 12.8. The van der Waals surface area contributed by atoms with Crippen LogP contribution in [0.15, 0.2) is 4.99 Å². The smallest absolute Gasteiger partial charge is 0.308 e. The molecule has 1 aliphatic heterocycles. The molecule has 0 aromatic carbocycles. The van der Waals surface area contributed by atoms with E-state index in [0.29, 0.717) is 19.0 Å². The van der Waals surface area contributed by atoms with E-state index in [9.17, 15) is 9.59 Å². The Labute approximate surface area is 179 Å². The van der Waals surface area contributed by atoms with Crippen LogP contribution in [0.3, 0.4) is 0 Å². The monoisotopic (exact) mass is 498 g/mol. The molecule has 158 valence electrons. The topological polar surface area (TPSA) is 92.3 Å². The van der Waals surface area contributed by atoms with Crippen LogP contribution >= 0.6 is 24.0 Å². The van der Waals surface area contributed by atoms with Crippen LogP contribution in [-0.4, -0.2) is 74.8 Å². The number of carbonyl (C=O) groups excluding carboxylic acids is 2. The first-order valence-corrected chi connectivity index (χ1v) is 9.23. The number of nitrogens with zero attached hydrogens (tertiary/aromatic N) is 2. The van der Waals surface area contributed by atoms with Gasteiger partial charge in [-0.15, -0.1) is 24.0 Å². The standard InChI is InChI=1S/C18H34N4O4.HI/c1-18(2,3)26-16(24)9-10-19-17(21-13-15(23)22(4)5)20-12-14-8-6-7-11-25-14;/h14H,6-13H2,1-5H3,(H2,19,20,21);1H. The molecule has 1 heterocycles. The zero-order chi connectivity index (χ0) is 19.6. The zero-order valence-corrected chi connectivity index (χ0v) is 19.5. The largest absolute Gasteiger partial charge is 0.460 e. The molecule has 1 fully saturated rings. The molecule has 27 heavy (non-hydrogen) atoms. The van der Waals surface area contributed by atoms with E-state index in [-0.39, 0.29) is 54.9 Å². The van der Waals surface area contributed by atoms with Crippen molar-refractivity contribution < 1.29 is 19.1 Å². The predicted molar refractivity (Wildman–Crippen MR) is 116 cm³/mol. The molecule has 1 saturated heterocycles. The van der Waals surface area contributed by atoms with Gasteiger partial charge in [0.15, 0.2) is 5.96 Å². The molecule has 0 radical (unpaired) electrons. The summed E-state index contributed by atoms with van der Waals surface area (Å²) in [7, 11) is 3.38. The molecule has 0 saturated carbocycles. The van der Waals surface area contributed by atoms with Gasteiger partial charge in [-0.2, -0.15) is 0 Å². The second-order valence-corrected chi connectivity index (χ2v) is 7.59. The van der Waals surface area contributed by atoms with Gasteiger partial charge in [-0.3, -0.25) is 9.59 Å². The summed E-state index contributed by atoms with van der Waals surface area (Å²) in [6.45, 7) is 7.33. The molecule has 0 bridgehead atoms. The second-order valence-electron chi connectivity index (χ2n) is 7.59. The van der Waals surface area contributed by atoms with E-state index >= 15 is 0 Å². The number of esters is 1. The zero-order valence-electron chi connectivity index (χ0n) is 17.2. The van der Waals surface area contributed by atoms with E-state index in [1.54, 1.807) is 14.1 Å². The quantitative estimate of drug-likeness (QED) is 0.240. The van der Waals surface area contributed by atoms with Crippen LogP contribution < -0.4 is 10.6 Å². The Bertz CT molecular complexity index is 486. The minimum atomic E-state index is -0.497. The maximum absolute atomic E-state index is 11.8. The van der Waals surface area contributed by atoms with Crippen LogP contribution in [0.4, 0.5) is 0 Å². The average Bonchev–Trinajstić information content (AvgIpc) is 2.55. The molecule has 1 aliphatic rings. The number of hydrogen-bond donors (Lipinski definition) is 2. The maximum atomic E-state index is 11.8. The number of guanidine groups is 1. The van der Waals surface area contributed by atoms with E-state index in [1.165, 1.54) is 4.90 Å². The van der Waals surface area contributed by atoms with Crippen LogP contribution in [-0.2, 0) is 19.1 Å². The van der Waals surface area contributed by atoms with Crippen molar-refractivity contribution in [3.05, 3.63) is 0 Å². The van der Waals surface area contributed by atoms with Crippen molar-refractivity contribution >= 4 is 41.8 Å². The van der Waals surface area contributed by atoms with E-state index in [2.05, 4.69) is 15.6 Å². The summed E-state index contributed by atoms with van der Waals surface area (Å²) >= 11 is 0. The van der Waals surface area contributed by atoms with Crippen LogP contribution in [0.1, 0.15) is 46.5 Å². The van der Waals surface area contributed by atoms with Gasteiger partial charge >= 0.3 is 5.97 Å². The number of nitrogens with one attached hydrogen (secondary N) is 2. The highest BCUT2D eigenvalue weighted by molar-refractivity contribution is 14.0. The number of carbonyl (C=O) groups is 2. The Morgan fingerprint density at radius 2 is 1.93 bits per heavy atom. The van der Waals surface area contributed by atoms with Crippen LogP contribution in [0.2, 0.25) is 0 Å². The van der Waals surface area contributed by atoms with E-state index in [1.807, 2.05) is 20.8 Å². The second kappa shape index (κ2) is 13.1. The summed E-state index contributed by atoms with van der Waals surface area (Å²) in [6.07, 6.45) is 3.63. The van der Waals surface area contributed by atoms with Crippen molar-refractivity contribution in [2.75, 3.05) is 40.3 Å². The summed E-state index contributed by atoms with van der Waals surface area (Å²) in [4.78, 5) is 29.3. The minimum Gasteiger partial charge on any atom is -0.460 e. The number of aliphatic imine (C=N–C) groups is 1. The van der Waals surface area contributed by atoms with Crippen LogP contribution in [0.25, 0.3) is 0 Å². The van der Waals surface area contributed by atoms with Gasteiger partial charge < -0.3 is 25.0 Å². The third-order valence-electron chi connectivity index (χ3n) is 3.68. The van der Waals surface area contributed by atoms with E-state index < -0.39 is 5.60 Å². The number of amides is 1. The normalized spacial score (nSPS) is 17.5. The first-order valence-electron chi connectivity index (χ1n) is 9.23. The van der Waals surface area contributed by atoms with Gasteiger partial charge in [0.1, 0.15) is 12.1 Å². The summed E-state index contributed by atoms with van der Waals surface area (Å²) in [5, 5.41) is 6.28. The molecule has 1 rings (SSSR count). The number of hydrogen-bond acceptors (Lipinski definition) is 5. The minimum absolute atomic E-state index is 0. The molecule has 1 atom stereocenters. The van der Waals surface area contributed by atoms with Gasteiger partial charge in [0.05, 0.1) is 12.5 Å². The number of rotatable bonds is 7. The molecule has 0 spiro atoms. The van der Waals surface area contributed by atoms with Crippen molar-refractivity contribution in [3.8, 4) is 0 Å². The Morgan fingerprint density at radius 3 is 2.48 bits per heavy atom. The Balaban J connectivity index is 0.00000676. The molecule has 0 aromatic heterocycles. The Hall–Kier alpha value is -1.10. The number of likely N-dealkylation sites (N-methyl/N-ethyl adjacent to an activating group) is 1. The molecule has 0 aromatic rings. The lowest BCUT2D eigenvalue weighted by atomic mass is 10.1. The number of ether oxygens (including phenoxy) is 2. The lowest BCUT2D eigenvalue weighted by Crippen LogP contribution is -2.44. The molecule has 9 heteroatoms. The maximum Gasteiger partial charge on any atom is 0.308 e. The summed E-state index contributed by atoms with van der Waals surface area (Å²) in [5.41, 5.74) is -0.497. The van der Waals surface area contributed by atoms with Gasteiger partial charge in [-0.1, -0.05) is 0 Å². The molecular weight excluding hydrogens is 463 g/mol. The first kappa shape index (κ1) is 25.9. The highest BCUT2D eigenvalue weighted by Gasteiger charge is 2.17. The van der Waals surface area contributed by atoms with Crippen molar-refractivity contribution in [1.82, 2.24) is 15.5 Å².